The number of aromatic amines is 1. The molecule has 1 unspecified atom stereocenters. The second kappa shape index (κ2) is 11.8. The van der Waals surface area contributed by atoms with Gasteiger partial charge < -0.3 is 30.6 Å². The number of carboxylic acids is 1. The lowest BCUT2D eigenvalue weighted by Gasteiger charge is -2.22. The molecule has 2 heterocycles. The standard InChI is InChI=1S/C27H33N3O5/c31-25-21-6-1-2-7-22(21)29-24(25)26(32)30-23(27(33)34)17-19-8-10-20(11-9-19)35-16-4-3-5-18-12-14-28-15-13-18/h1-2,6-11,18,23,28-29,31H,3-5,12-17H2,(H,30,32)(H,33,34). The van der Waals surface area contributed by atoms with Crippen LogP contribution in [0.5, 0.6) is 11.5 Å². The highest BCUT2D eigenvalue weighted by Crippen LogP contribution is 2.28. The number of H-pyrrole nitrogens is 1. The number of piperidine rings is 1. The van der Waals surface area contributed by atoms with Crippen molar-refractivity contribution in [3.05, 3.63) is 59.8 Å². The summed E-state index contributed by atoms with van der Waals surface area (Å²) in [4.78, 5) is 27.3. The quantitative estimate of drug-likeness (QED) is 0.266. The first-order valence-corrected chi connectivity index (χ1v) is 12.3. The number of fused-ring (bicyclic) bond motifs is 1. The van der Waals surface area contributed by atoms with Gasteiger partial charge in [0.1, 0.15) is 17.5 Å². The number of rotatable bonds is 11. The predicted octanol–water partition coefficient (Wildman–Crippen LogP) is 3.85. The molecular weight excluding hydrogens is 446 g/mol. The average molecular weight is 480 g/mol. The van der Waals surface area contributed by atoms with E-state index in [2.05, 4.69) is 15.6 Å². The lowest BCUT2D eigenvalue weighted by molar-refractivity contribution is -0.139. The van der Waals surface area contributed by atoms with Gasteiger partial charge in [-0.1, -0.05) is 30.7 Å². The third-order valence-corrected chi connectivity index (χ3v) is 6.61. The number of ether oxygens (including phenoxy) is 1. The number of amides is 1. The van der Waals surface area contributed by atoms with Crippen molar-refractivity contribution < 1.29 is 24.5 Å². The third kappa shape index (κ3) is 6.54. The minimum absolute atomic E-state index is 0.0543. The molecule has 5 N–H and O–H groups in total. The van der Waals surface area contributed by atoms with Crippen molar-refractivity contribution in [2.75, 3.05) is 19.7 Å². The number of carbonyl (C=O) groups excluding carboxylic acids is 1. The molecule has 3 aromatic rings. The Morgan fingerprint density at radius 1 is 1.06 bits per heavy atom. The molecule has 8 nitrogen and oxygen atoms in total. The Morgan fingerprint density at radius 3 is 2.51 bits per heavy atom. The number of para-hydroxylation sites is 1. The summed E-state index contributed by atoms with van der Waals surface area (Å²) in [5, 5.41) is 26.4. The molecule has 1 aromatic heterocycles. The number of benzene rings is 2. The Morgan fingerprint density at radius 2 is 1.80 bits per heavy atom. The molecule has 1 aliphatic heterocycles. The molecular formula is C27H33N3O5. The van der Waals surface area contributed by atoms with E-state index in [-0.39, 0.29) is 17.9 Å². The summed E-state index contributed by atoms with van der Waals surface area (Å²) in [6.45, 7) is 2.92. The Hall–Kier alpha value is -3.52. The van der Waals surface area contributed by atoms with Crippen LogP contribution in [0.4, 0.5) is 0 Å². The van der Waals surface area contributed by atoms with E-state index < -0.39 is 17.9 Å². The molecule has 2 aromatic carbocycles. The second-order valence-electron chi connectivity index (χ2n) is 9.14. The van der Waals surface area contributed by atoms with Crippen LogP contribution in [0, 0.1) is 5.92 Å². The smallest absolute Gasteiger partial charge is 0.326 e. The lowest BCUT2D eigenvalue weighted by atomic mass is 9.93. The van der Waals surface area contributed by atoms with Gasteiger partial charge in [0.2, 0.25) is 0 Å². The first-order valence-electron chi connectivity index (χ1n) is 12.3. The molecule has 35 heavy (non-hydrogen) atoms. The van der Waals surface area contributed by atoms with Crippen LogP contribution in [0.2, 0.25) is 0 Å². The van der Waals surface area contributed by atoms with Gasteiger partial charge in [-0.05, 0) is 74.5 Å². The van der Waals surface area contributed by atoms with Crippen molar-refractivity contribution in [1.29, 1.82) is 0 Å². The van der Waals surface area contributed by atoms with Gasteiger partial charge in [-0.2, -0.15) is 0 Å². The van der Waals surface area contributed by atoms with Crippen LogP contribution in [-0.2, 0) is 11.2 Å². The van der Waals surface area contributed by atoms with Crippen molar-refractivity contribution in [3.8, 4) is 11.5 Å². The molecule has 8 heteroatoms. The fourth-order valence-electron chi connectivity index (χ4n) is 4.57. The molecule has 1 amide bonds. The zero-order chi connectivity index (χ0) is 24.6. The number of hydrogen-bond acceptors (Lipinski definition) is 5. The Balaban J connectivity index is 1.26. The number of unbranched alkanes of at least 4 members (excludes halogenated alkanes) is 1. The van der Waals surface area contributed by atoms with Gasteiger partial charge in [-0.25, -0.2) is 4.79 Å². The maximum atomic E-state index is 12.7. The first kappa shape index (κ1) is 24.6. The maximum absolute atomic E-state index is 12.7. The summed E-state index contributed by atoms with van der Waals surface area (Å²) in [6, 6.07) is 13.1. The number of carboxylic acid groups (broad SMARTS) is 1. The highest BCUT2D eigenvalue weighted by atomic mass is 16.5. The molecule has 1 fully saturated rings. The molecule has 186 valence electrons. The van der Waals surface area contributed by atoms with Gasteiger partial charge in [-0.3, -0.25) is 4.79 Å². The maximum Gasteiger partial charge on any atom is 0.326 e. The number of aromatic nitrogens is 1. The van der Waals surface area contributed by atoms with Crippen LogP contribution in [-0.4, -0.2) is 52.8 Å². The number of carbonyl (C=O) groups is 2. The minimum atomic E-state index is -1.15. The van der Waals surface area contributed by atoms with Crippen LogP contribution >= 0.6 is 0 Å². The summed E-state index contributed by atoms with van der Waals surface area (Å²) in [6.07, 6.45) is 6.07. The fraction of sp³-hybridized carbons (Fsp3) is 0.407. The molecule has 0 aliphatic carbocycles. The monoisotopic (exact) mass is 479 g/mol. The van der Waals surface area contributed by atoms with Crippen LogP contribution in [0.3, 0.4) is 0 Å². The Labute approximate surface area is 204 Å². The van der Waals surface area contributed by atoms with Crippen LogP contribution < -0.4 is 15.4 Å². The topological polar surface area (TPSA) is 124 Å². The van der Waals surface area contributed by atoms with Gasteiger partial charge in [0.15, 0.2) is 5.75 Å². The van der Waals surface area contributed by atoms with Gasteiger partial charge >= 0.3 is 5.97 Å². The largest absolute Gasteiger partial charge is 0.505 e. The van der Waals surface area contributed by atoms with Gasteiger partial charge in [0, 0.05) is 17.3 Å². The summed E-state index contributed by atoms with van der Waals surface area (Å²) in [7, 11) is 0. The fourth-order valence-corrected chi connectivity index (χ4v) is 4.57. The number of aromatic hydroxyl groups is 1. The Bertz CT molecular complexity index is 1140. The number of aliphatic carboxylic acids is 1. The van der Waals surface area contributed by atoms with E-state index in [9.17, 15) is 19.8 Å². The van der Waals surface area contributed by atoms with Gasteiger partial charge in [0.05, 0.1) is 6.61 Å². The highest BCUT2D eigenvalue weighted by molar-refractivity contribution is 6.04. The lowest BCUT2D eigenvalue weighted by Crippen LogP contribution is -2.42. The number of nitrogens with one attached hydrogen (secondary N) is 3. The van der Waals surface area contributed by atoms with E-state index >= 15 is 0 Å². The summed E-state index contributed by atoms with van der Waals surface area (Å²) in [5.41, 5.74) is 1.31. The van der Waals surface area contributed by atoms with Crippen LogP contribution in [0.15, 0.2) is 48.5 Å². The average Bonchev–Trinajstić information content (AvgIpc) is 3.21. The summed E-state index contributed by atoms with van der Waals surface area (Å²) < 4.78 is 5.84. The van der Waals surface area contributed by atoms with Gasteiger partial charge in [0.25, 0.3) is 5.91 Å². The highest BCUT2D eigenvalue weighted by Gasteiger charge is 2.24. The summed E-state index contributed by atoms with van der Waals surface area (Å²) in [5.74, 6) is -0.439. The van der Waals surface area contributed by atoms with Crippen molar-refractivity contribution in [2.24, 2.45) is 5.92 Å². The van der Waals surface area contributed by atoms with E-state index in [0.29, 0.717) is 17.5 Å². The van der Waals surface area contributed by atoms with E-state index in [1.807, 2.05) is 24.3 Å². The molecule has 0 spiro atoms. The molecule has 4 rings (SSSR count). The number of hydrogen-bond donors (Lipinski definition) is 5. The predicted molar refractivity (Wildman–Crippen MR) is 134 cm³/mol. The van der Waals surface area contributed by atoms with Gasteiger partial charge in [-0.15, -0.1) is 0 Å². The third-order valence-electron chi connectivity index (χ3n) is 6.61. The van der Waals surface area contributed by atoms with E-state index in [0.717, 1.165) is 43.2 Å². The van der Waals surface area contributed by atoms with Crippen molar-refractivity contribution >= 4 is 22.8 Å². The zero-order valence-electron chi connectivity index (χ0n) is 19.8. The minimum Gasteiger partial charge on any atom is -0.505 e. The van der Waals surface area contributed by atoms with E-state index in [1.165, 1.54) is 19.3 Å². The normalized spacial score (nSPS) is 15.1. The first-order chi connectivity index (χ1) is 17.0. The summed E-state index contributed by atoms with van der Waals surface area (Å²) >= 11 is 0. The van der Waals surface area contributed by atoms with Crippen LogP contribution in [0.25, 0.3) is 10.9 Å². The molecule has 0 radical (unpaired) electrons. The molecule has 1 saturated heterocycles. The molecule has 0 saturated carbocycles. The molecule has 0 bridgehead atoms. The van der Waals surface area contributed by atoms with E-state index in [1.54, 1.807) is 24.3 Å². The molecule has 1 atom stereocenters. The van der Waals surface area contributed by atoms with E-state index in [4.69, 9.17) is 4.74 Å². The molecule has 1 aliphatic rings. The van der Waals surface area contributed by atoms with Crippen molar-refractivity contribution in [3.63, 3.8) is 0 Å². The van der Waals surface area contributed by atoms with Crippen LogP contribution in [0.1, 0.15) is 48.2 Å². The van der Waals surface area contributed by atoms with Crippen molar-refractivity contribution in [1.82, 2.24) is 15.6 Å². The SMILES string of the molecule is O=C(NC(Cc1ccc(OCCCCC2CCNCC2)cc1)C(=O)O)c1[nH]c2ccccc2c1O. The van der Waals surface area contributed by atoms with Crippen molar-refractivity contribution in [2.45, 2.75) is 44.6 Å². The zero-order valence-corrected chi connectivity index (χ0v) is 19.8. The Kier molecular flexibility index (Phi) is 8.26. The second-order valence-corrected chi connectivity index (χ2v) is 9.14.